The standard InChI is InChI=1S/C30H26F2NO/c1-18-7-12-23-24-13-14-25(32)28(21-10-8-20(9-11-21)19-5-3-4-6-19)30(24)34-29(23)27(18)26-17-22(31)15-16-33(26)2/h7-17,19H,3-6H2,1-2H3/q+1. The third kappa shape index (κ3) is 3.32. The molecule has 2 heterocycles. The van der Waals surface area contributed by atoms with Crippen LogP contribution in [0.3, 0.4) is 0 Å². The summed E-state index contributed by atoms with van der Waals surface area (Å²) < 4.78 is 37.7. The van der Waals surface area contributed by atoms with Crippen molar-refractivity contribution in [2.24, 2.45) is 7.05 Å². The van der Waals surface area contributed by atoms with E-state index in [1.165, 1.54) is 49.4 Å². The summed E-state index contributed by atoms with van der Waals surface area (Å²) in [5.74, 6) is -0.0112. The average molecular weight is 455 g/mol. The molecular weight excluding hydrogens is 428 g/mol. The molecular formula is C30H26F2NO+. The molecule has 4 heteroatoms. The van der Waals surface area contributed by atoms with Crippen LogP contribution in [-0.2, 0) is 7.05 Å². The van der Waals surface area contributed by atoms with Crippen molar-refractivity contribution in [2.75, 3.05) is 0 Å². The molecule has 34 heavy (non-hydrogen) atoms. The quantitative estimate of drug-likeness (QED) is 0.253. The van der Waals surface area contributed by atoms with Gasteiger partial charge in [-0.15, -0.1) is 0 Å². The molecule has 3 aromatic carbocycles. The first kappa shape index (κ1) is 21.0. The topological polar surface area (TPSA) is 17.0 Å². The van der Waals surface area contributed by atoms with Crippen molar-refractivity contribution in [3.8, 4) is 22.4 Å². The molecule has 170 valence electrons. The first-order chi connectivity index (χ1) is 16.5. The van der Waals surface area contributed by atoms with Gasteiger partial charge in [0.05, 0.1) is 11.1 Å². The molecule has 0 amide bonds. The minimum atomic E-state index is -0.310. The van der Waals surface area contributed by atoms with Crippen LogP contribution in [0.5, 0.6) is 0 Å². The van der Waals surface area contributed by atoms with Gasteiger partial charge < -0.3 is 4.42 Å². The maximum absolute atomic E-state index is 15.2. The van der Waals surface area contributed by atoms with Crippen molar-refractivity contribution in [3.05, 3.63) is 89.6 Å². The lowest BCUT2D eigenvalue weighted by Gasteiger charge is -2.11. The summed E-state index contributed by atoms with van der Waals surface area (Å²) in [4.78, 5) is 0. The summed E-state index contributed by atoms with van der Waals surface area (Å²) in [5.41, 5.74) is 6.27. The predicted molar refractivity (Wildman–Crippen MR) is 132 cm³/mol. The van der Waals surface area contributed by atoms with Crippen molar-refractivity contribution in [2.45, 2.75) is 38.5 Å². The Morgan fingerprint density at radius 1 is 0.824 bits per heavy atom. The second kappa shape index (κ2) is 8.05. The molecule has 0 N–H and O–H groups in total. The van der Waals surface area contributed by atoms with Crippen molar-refractivity contribution in [3.63, 3.8) is 0 Å². The fraction of sp³-hybridized carbons (Fsp3) is 0.233. The van der Waals surface area contributed by atoms with Crippen LogP contribution >= 0.6 is 0 Å². The highest BCUT2D eigenvalue weighted by molar-refractivity contribution is 6.13. The van der Waals surface area contributed by atoms with Crippen molar-refractivity contribution >= 4 is 21.9 Å². The van der Waals surface area contributed by atoms with E-state index in [0.29, 0.717) is 28.3 Å². The molecule has 0 unspecified atom stereocenters. The van der Waals surface area contributed by atoms with E-state index in [2.05, 4.69) is 12.1 Å². The molecule has 0 aliphatic heterocycles. The number of hydrogen-bond donors (Lipinski definition) is 0. The zero-order valence-electron chi connectivity index (χ0n) is 19.4. The Morgan fingerprint density at radius 3 is 2.24 bits per heavy atom. The Balaban J connectivity index is 1.58. The van der Waals surface area contributed by atoms with Gasteiger partial charge in [-0.25, -0.2) is 13.3 Å². The Bertz CT molecular complexity index is 1540. The Morgan fingerprint density at radius 2 is 1.50 bits per heavy atom. The molecule has 1 aliphatic rings. The molecule has 1 fully saturated rings. The Kier molecular flexibility index (Phi) is 4.98. The zero-order chi connectivity index (χ0) is 23.4. The predicted octanol–water partition coefficient (Wildman–Crippen LogP) is 7.99. The summed E-state index contributed by atoms with van der Waals surface area (Å²) in [6.45, 7) is 1.98. The summed E-state index contributed by atoms with van der Waals surface area (Å²) in [5, 5.41) is 1.75. The van der Waals surface area contributed by atoms with Crippen LogP contribution in [0.25, 0.3) is 44.3 Å². The van der Waals surface area contributed by atoms with Crippen LogP contribution in [-0.4, -0.2) is 0 Å². The van der Waals surface area contributed by atoms with Gasteiger partial charge in [-0.05, 0) is 54.5 Å². The number of nitrogens with zero attached hydrogens (tertiary/aromatic N) is 1. The highest BCUT2D eigenvalue weighted by Crippen LogP contribution is 2.42. The summed E-state index contributed by atoms with van der Waals surface area (Å²) in [6.07, 6.45) is 6.72. The monoisotopic (exact) mass is 454 g/mol. The minimum Gasteiger partial charge on any atom is -0.454 e. The van der Waals surface area contributed by atoms with Crippen molar-refractivity contribution < 1.29 is 17.8 Å². The fourth-order valence-electron chi connectivity index (χ4n) is 5.54. The largest absolute Gasteiger partial charge is 0.454 e. The highest BCUT2D eigenvalue weighted by Gasteiger charge is 2.24. The Hall–Kier alpha value is -3.53. The molecule has 2 nitrogen and oxygen atoms in total. The average Bonchev–Trinajstić information content (AvgIpc) is 3.49. The lowest BCUT2D eigenvalue weighted by molar-refractivity contribution is -0.660. The van der Waals surface area contributed by atoms with Crippen LogP contribution < -0.4 is 4.57 Å². The van der Waals surface area contributed by atoms with Gasteiger partial charge in [-0.2, -0.15) is 0 Å². The Labute approximate surface area is 197 Å². The molecule has 1 aliphatic carbocycles. The van der Waals surface area contributed by atoms with Crippen LogP contribution in [0.1, 0.15) is 42.7 Å². The van der Waals surface area contributed by atoms with Crippen LogP contribution in [0.15, 0.2) is 71.3 Å². The van der Waals surface area contributed by atoms with E-state index >= 15 is 4.39 Å². The van der Waals surface area contributed by atoms with Gasteiger partial charge in [0.15, 0.2) is 6.20 Å². The zero-order valence-corrected chi connectivity index (χ0v) is 19.4. The van der Waals surface area contributed by atoms with Gasteiger partial charge >= 0.3 is 0 Å². The number of hydrogen-bond acceptors (Lipinski definition) is 1. The van der Waals surface area contributed by atoms with E-state index in [9.17, 15) is 4.39 Å². The number of pyridine rings is 1. The molecule has 0 radical (unpaired) electrons. The smallest absolute Gasteiger partial charge is 0.219 e. The molecule has 0 bridgehead atoms. The normalized spacial score (nSPS) is 14.5. The molecule has 0 spiro atoms. The van der Waals surface area contributed by atoms with E-state index in [1.54, 1.807) is 12.3 Å². The van der Waals surface area contributed by atoms with E-state index in [0.717, 1.165) is 27.5 Å². The fourth-order valence-corrected chi connectivity index (χ4v) is 5.54. The number of furan rings is 1. The van der Waals surface area contributed by atoms with Crippen LogP contribution in [0.4, 0.5) is 8.78 Å². The molecule has 0 atom stereocenters. The minimum absolute atomic E-state index is 0.310. The van der Waals surface area contributed by atoms with Gasteiger partial charge in [0, 0.05) is 22.9 Å². The third-order valence-corrected chi connectivity index (χ3v) is 7.36. The van der Waals surface area contributed by atoms with Gasteiger partial charge in [0.25, 0.3) is 0 Å². The summed E-state index contributed by atoms with van der Waals surface area (Å²) >= 11 is 0. The van der Waals surface area contributed by atoms with Gasteiger partial charge in [0.2, 0.25) is 5.69 Å². The lowest BCUT2D eigenvalue weighted by atomic mass is 9.94. The van der Waals surface area contributed by atoms with Crippen molar-refractivity contribution in [1.82, 2.24) is 0 Å². The molecule has 2 aromatic heterocycles. The second-order valence-electron chi connectivity index (χ2n) is 9.48. The van der Waals surface area contributed by atoms with E-state index in [1.807, 2.05) is 42.8 Å². The number of fused-ring (bicyclic) bond motifs is 3. The number of rotatable bonds is 3. The maximum Gasteiger partial charge on any atom is 0.219 e. The summed E-state index contributed by atoms with van der Waals surface area (Å²) in [7, 11) is 1.88. The van der Waals surface area contributed by atoms with Gasteiger partial charge in [-0.1, -0.05) is 49.2 Å². The van der Waals surface area contributed by atoms with Gasteiger partial charge in [0.1, 0.15) is 29.8 Å². The molecule has 1 saturated carbocycles. The number of aryl methyl sites for hydroxylation is 2. The van der Waals surface area contributed by atoms with E-state index < -0.39 is 0 Å². The highest BCUT2D eigenvalue weighted by atomic mass is 19.1. The number of benzene rings is 3. The van der Waals surface area contributed by atoms with Crippen molar-refractivity contribution in [1.29, 1.82) is 0 Å². The molecule has 0 saturated heterocycles. The maximum atomic E-state index is 15.2. The molecule has 6 rings (SSSR count). The van der Waals surface area contributed by atoms with E-state index in [4.69, 9.17) is 4.42 Å². The summed E-state index contributed by atoms with van der Waals surface area (Å²) in [6, 6.07) is 18.5. The van der Waals surface area contributed by atoms with E-state index in [-0.39, 0.29) is 11.6 Å². The number of aromatic nitrogens is 1. The first-order valence-electron chi connectivity index (χ1n) is 11.9. The third-order valence-electron chi connectivity index (χ3n) is 7.36. The number of halogens is 2. The molecule has 5 aromatic rings. The first-order valence-corrected chi connectivity index (χ1v) is 11.9. The second-order valence-corrected chi connectivity index (χ2v) is 9.48. The van der Waals surface area contributed by atoms with Crippen LogP contribution in [0, 0.1) is 18.6 Å². The SMILES string of the molecule is Cc1ccc2c(oc3c(-c4ccc(C5CCCC5)cc4)c(F)ccc32)c1-c1cc(F)cc[n+]1C. The lowest BCUT2D eigenvalue weighted by Crippen LogP contribution is -2.30. The van der Waals surface area contributed by atoms with Crippen LogP contribution in [0.2, 0.25) is 0 Å². The van der Waals surface area contributed by atoms with Gasteiger partial charge in [-0.3, -0.25) is 0 Å².